The van der Waals surface area contributed by atoms with Crippen LogP contribution in [-0.2, 0) is 14.8 Å². The Labute approximate surface area is 194 Å². The third-order valence-corrected chi connectivity index (χ3v) is 9.21. The van der Waals surface area contributed by atoms with E-state index in [1.807, 2.05) is 0 Å². The number of amides is 1. The zero-order chi connectivity index (χ0) is 23.4. The molecule has 10 heteroatoms. The Bertz CT molecular complexity index is 924. The summed E-state index contributed by atoms with van der Waals surface area (Å²) in [6.45, 7) is 3.43. The van der Waals surface area contributed by atoms with Gasteiger partial charge in [-0.15, -0.1) is 0 Å². The van der Waals surface area contributed by atoms with Crippen molar-refractivity contribution in [2.45, 2.75) is 61.9 Å². The maximum Gasteiger partial charge on any atom is 0.243 e. The van der Waals surface area contributed by atoms with Gasteiger partial charge in [-0.2, -0.15) is 4.31 Å². The molecule has 1 aromatic carbocycles. The van der Waals surface area contributed by atoms with E-state index < -0.39 is 21.7 Å². The highest BCUT2D eigenvalue weighted by atomic mass is 32.2. The summed E-state index contributed by atoms with van der Waals surface area (Å²) in [4.78, 5) is 12.2. The maximum atomic E-state index is 13.5. The van der Waals surface area contributed by atoms with Crippen LogP contribution in [0.25, 0.3) is 0 Å². The minimum absolute atomic E-state index is 0.0826. The van der Waals surface area contributed by atoms with Crippen molar-refractivity contribution in [1.82, 2.24) is 20.3 Å². The number of hydrogen-bond acceptors (Lipinski definition) is 5. The summed E-state index contributed by atoms with van der Waals surface area (Å²) < 4.78 is 53.3. The Morgan fingerprint density at radius 1 is 1.12 bits per heavy atom. The van der Waals surface area contributed by atoms with Crippen LogP contribution in [0.4, 0.5) is 8.78 Å². The van der Waals surface area contributed by atoms with Gasteiger partial charge in [0.15, 0.2) is 11.6 Å². The molecule has 7 nitrogen and oxygen atoms in total. The summed E-state index contributed by atoms with van der Waals surface area (Å²) in [5.41, 5.74) is 0. The van der Waals surface area contributed by atoms with Crippen LogP contribution < -0.4 is 16.0 Å². The summed E-state index contributed by atoms with van der Waals surface area (Å²) in [7, 11) is -3.81. The van der Waals surface area contributed by atoms with Crippen LogP contribution in [-0.4, -0.2) is 63.4 Å². The fourth-order valence-corrected chi connectivity index (χ4v) is 6.80. The van der Waals surface area contributed by atoms with Gasteiger partial charge in [0.25, 0.3) is 0 Å². The highest BCUT2D eigenvalue weighted by Crippen LogP contribution is 2.28. The van der Waals surface area contributed by atoms with Gasteiger partial charge in [-0.05, 0) is 75.2 Å². The highest BCUT2D eigenvalue weighted by Gasteiger charge is 2.38. The molecule has 3 N–H and O–H groups in total. The number of rotatable bonds is 8. The number of nitrogens with zero attached hydrogens (tertiary/aromatic N) is 1. The number of unbranched alkanes of at least 4 members (excludes halogenated alkanes) is 1. The number of nitrogens with one attached hydrogen (secondary N) is 3. The average Bonchev–Trinajstić information content (AvgIpc) is 3.25. The smallest absolute Gasteiger partial charge is 0.243 e. The predicted molar refractivity (Wildman–Crippen MR) is 121 cm³/mol. The quantitative estimate of drug-likeness (QED) is 0.491. The zero-order valence-electron chi connectivity index (χ0n) is 18.9. The summed E-state index contributed by atoms with van der Waals surface area (Å²) >= 11 is 0. The lowest BCUT2D eigenvalue weighted by Gasteiger charge is -2.31. The molecule has 1 amide bonds. The molecule has 0 radical (unpaired) electrons. The first kappa shape index (κ1) is 24.5. The summed E-state index contributed by atoms with van der Waals surface area (Å²) in [5, 5.41) is 9.93. The van der Waals surface area contributed by atoms with Crippen LogP contribution in [0.2, 0.25) is 0 Å². The minimum atomic E-state index is -3.81. The van der Waals surface area contributed by atoms with Crippen LogP contribution in [0.3, 0.4) is 0 Å². The SMILES string of the molecule is O=C(NCCCCC1CCN(S(=O)(=O)c2ccc(F)c(F)c2)CC1)C1CC2CNCCC2N1. The van der Waals surface area contributed by atoms with Crippen molar-refractivity contribution in [1.29, 1.82) is 0 Å². The Morgan fingerprint density at radius 2 is 1.91 bits per heavy atom. The molecule has 0 aromatic heterocycles. The molecule has 3 fully saturated rings. The molecule has 3 aliphatic rings. The van der Waals surface area contributed by atoms with Crippen molar-refractivity contribution in [3.05, 3.63) is 29.8 Å². The average molecular weight is 485 g/mol. The molecule has 33 heavy (non-hydrogen) atoms. The molecule has 0 saturated carbocycles. The molecular formula is C23H34F2N4O3S. The molecule has 3 unspecified atom stereocenters. The zero-order valence-corrected chi connectivity index (χ0v) is 19.7. The van der Waals surface area contributed by atoms with E-state index in [1.54, 1.807) is 0 Å². The Balaban J connectivity index is 1.12. The van der Waals surface area contributed by atoms with Gasteiger partial charge < -0.3 is 16.0 Å². The molecule has 0 aliphatic carbocycles. The summed E-state index contributed by atoms with van der Waals surface area (Å²) in [6.07, 6.45) is 6.35. The van der Waals surface area contributed by atoms with E-state index in [1.165, 1.54) is 4.31 Å². The van der Waals surface area contributed by atoms with Crippen LogP contribution in [0.5, 0.6) is 0 Å². The largest absolute Gasteiger partial charge is 0.355 e. The number of carbonyl (C=O) groups is 1. The van der Waals surface area contributed by atoms with Gasteiger partial charge in [0.05, 0.1) is 10.9 Å². The topological polar surface area (TPSA) is 90.5 Å². The third-order valence-electron chi connectivity index (χ3n) is 7.32. The molecule has 4 rings (SSSR count). The van der Waals surface area contributed by atoms with Gasteiger partial charge in [-0.3, -0.25) is 4.79 Å². The molecule has 1 aromatic rings. The van der Waals surface area contributed by atoms with Crippen LogP contribution in [0.15, 0.2) is 23.1 Å². The van der Waals surface area contributed by atoms with E-state index in [0.29, 0.717) is 37.5 Å². The molecule has 3 aliphatic heterocycles. The number of halogens is 2. The fourth-order valence-electron chi connectivity index (χ4n) is 5.32. The van der Waals surface area contributed by atoms with Crippen molar-refractivity contribution in [2.75, 3.05) is 32.7 Å². The van der Waals surface area contributed by atoms with Gasteiger partial charge in [-0.1, -0.05) is 12.8 Å². The number of piperidine rings is 2. The third kappa shape index (κ3) is 5.90. The second kappa shape index (κ2) is 10.8. The molecule has 3 heterocycles. The lowest BCUT2D eigenvalue weighted by Crippen LogP contribution is -2.45. The summed E-state index contributed by atoms with van der Waals surface area (Å²) in [6, 6.07) is 3.08. The van der Waals surface area contributed by atoms with Crippen LogP contribution in [0, 0.1) is 23.5 Å². The van der Waals surface area contributed by atoms with E-state index >= 15 is 0 Å². The first-order valence-electron chi connectivity index (χ1n) is 12.0. The fraction of sp³-hybridized carbons (Fsp3) is 0.696. The number of sulfonamides is 1. The Morgan fingerprint density at radius 3 is 2.64 bits per heavy atom. The van der Waals surface area contributed by atoms with E-state index in [-0.39, 0.29) is 16.8 Å². The standard InChI is InChI=1S/C23H34F2N4O3S/c24-19-5-4-18(14-20(19)25)33(31,32)29-11-7-16(8-12-29)3-1-2-9-27-23(30)22-13-17-15-26-10-6-21(17)28-22/h4-5,14,16-17,21-22,26,28H,1-3,6-13,15H2,(H,27,30). The van der Waals surface area contributed by atoms with Gasteiger partial charge in [0.1, 0.15) is 0 Å². The van der Waals surface area contributed by atoms with Crippen molar-refractivity contribution in [3.8, 4) is 0 Å². The number of fused-ring (bicyclic) bond motifs is 1. The highest BCUT2D eigenvalue weighted by molar-refractivity contribution is 7.89. The van der Waals surface area contributed by atoms with Crippen LogP contribution >= 0.6 is 0 Å². The van der Waals surface area contributed by atoms with Crippen LogP contribution in [0.1, 0.15) is 44.9 Å². The molecular weight excluding hydrogens is 450 g/mol. The second-order valence-electron chi connectivity index (χ2n) is 9.52. The van der Waals surface area contributed by atoms with Gasteiger partial charge in [0.2, 0.25) is 15.9 Å². The molecule has 0 bridgehead atoms. The van der Waals surface area contributed by atoms with Gasteiger partial charge in [0, 0.05) is 25.7 Å². The van der Waals surface area contributed by atoms with Crippen molar-refractivity contribution in [3.63, 3.8) is 0 Å². The van der Waals surface area contributed by atoms with E-state index in [0.717, 1.165) is 76.2 Å². The number of benzene rings is 1. The number of carbonyl (C=O) groups excluding carboxylic acids is 1. The lowest BCUT2D eigenvalue weighted by molar-refractivity contribution is -0.122. The van der Waals surface area contributed by atoms with Gasteiger partial charge in [-0.25, -0.2) is 17.2 Å². The Hall–Kier alpha value is -1.62. The first-order chi connectivity index (χ1) is 15.8. The monoisotopic (exact) mass is 484 g/mol. The van der Waals surface area contributed by atoms with Gasteiger partial charge >= 0.3 is 0 Å². The minimum Gasteiger partial charge on any atom is -0.355 e. The van der Waals surface area contributed by atoms with Crippen molar-refractivity contribution in [2.24, 2.45) is 11.8 Å². The molecule has 3 saturated heterocycles. The molecule has 0 spiro atoms. The maximum absolute atomic E-state index is 13.5. The van der Waals surface area contributed by atoms with E-state index in [4.69, 9.17) is 0 Å². The van der Waals surface area contributed by atoms with Crippen molar-refractivity contribution < 1.29 is 22.0 Å². The molecule has 184 valence electrons. The van der Waals surface area contributed by atoms with E-state index in [2.05, 4.69) is 16.0 Å². The summed E-state index contributed by atoms with van der Waals surface area (Å²) in [5.74, 6) is -1.13. The van der Waals surface area contributed by atoms with E-state index in [9.17, 15) is 22.0 Å². The lowest BCUT2D eigenvalue weighted by atomic mass is 9.92. The normalized spacial score (nSPS) is 26.8. The second-order valence-corrected chi connectivity index (χ2v) is 11.5. The number of hydrogen-bond donors (Lipinski definition) is 3. The van der Waals surface area contributed by atoms with Crippen molar-refractivity contribution >= 4 is 15.9 Å². The first-order valence-corrected chi connectivity index (χ1v) is 13.5. The predicted octanol–water partition coefficient (Wildman–Crippen LogP) is 1.99. The molecule has 3 atom stereocenters. The Kier molecular flexibility index (Phi) is 7.99.